The summed E-state index contributed by atoms with van der Waals surface area (Å²) in [7, 11) is 1.65. The van der Waals surface area contributed by atoms with Crippen molar-refractivity contribution in [2.24, 2.45) is 0 Å². The number of nitrogens with zero attached hydrogens (tertiary/aromatic N) is 2. The molecule has 0 fully saturated rings. The largest absolute Gasteiger partial charge is 0.496 e. The Bertz CT molecular complexity index is 611. The van der Waals surface area contributed by atoms with E-state index in [1.54, 1.807) is 13.3 Å². The number of methoxy groups -OCH3 is 1. The lowest BCUT2D eigenvalue weighted by molar-refractivity contribution is 0.172. The van der Waals surface area contributed by atoms with Gasteiger partial charge in [-0.3, -0.25) is 9.97 Å². The lowest BCUT2D eigenvalue weighted by Crippen LogP contribution is -2.08. The normalized spacial score (nSPS) is 12.2. The van der Waals surface area contributed by atoms with Crippen LogP contribution in [0.3, 0.4) is 0 Å². The molecule has 0 spiro atoms. The van der Waals surface area contributed by atoms with Crippen LogP contribution in [0.4, 0.5) is 0 Å². The third-order valence-corrected chi connectivity index (χ3v) is 3.39. The van der Waals surface area contributed by atoms with E-state index in [0.717, 1.165) is 28.3 Å². The lowest BCUT2D eigenvalue weighted by Gasteiger charge is -2.15. The van der Waals surface area contributed by atoms with Crippen LogP contribution >= 0.6 is 0 Å². The Balaban J connectivity index is 2.26. The molecular formula is C16H20N2O2. The maximum absolute atomic E-state index is 10.3. The van der Waals surface area contributed by atoms with Crippen LogP contribution in [0.5, 0.6) is 5.75 Å². The molecular weight excluding hydrogens is 252 g/mol. The minimum absolute atomic E-state index is 0.429. The molecule has 2 rings (SSSR count). The first-order valence-electron chi connectivity index (χ1n) is 6.63. The van der Waals surface area contributed by atoms with Crippen LogP contribution in [-0.2, 0) is 6.42 Å². The van der Waals surface area contributed by atoms with Crippen molar-refractivity contribution in [1.82, 2.24) is 9.97 Å². The zero-order valence-corrected chi connectivity index (χ0v) is 12.3. The lowest BCUT2D eigenvalue weighted by atomic mass is 10.0. The van der Waals surface area contributed by atoms with Crippen molar-refractivity contribution >= 4 is 0 Å². The van der Waals surface area contributed by atoms with Crippen LogP contribution in [0.1, 0.15) is 34.3 Å². The molecule has 20 heavy (non-hydrogen) atoms. The number of aryl methyl sites for hydroxylation is 2. The second-order valence-electron chi connectivity index (χ2n) is 4.97. The second-order valence-corrected chi connectivity index (χ2v) is 4.97. The molecule has 0 aliphatic heterocycles. The smallest absolute Gasteiger partial charge is 0.128 e. The van der Waals surface area contributed by atoms with Gasteiger partial charge in [-0.05, 0) is 32.9 Å². The Kier molecular flexibility index (Phi) is 4.35. The highest BCUT2D eigenvalue weighted by atomic mass is 16.5. The van der Waals surface area contributed by atoms with E-state index < -0.39 is 6.10 Å². The van der Waals surface area contributed by atoms with Crippen LogP contribution in [0, 0.1) is 20.8 Å². The van der Waals surface area contributed by atoms with E-state index in [1.165, 1.54) is 0 Å². The molecule has 2 heterocycles. The molecule has 2 aromatic rings. The van der Waals surface area contributed by atoms with E-state index >= 15 is 0 Å². The zero-order valence-electron chi connectivity index (χ0n) is 12.3. The molecule has 0 amide bonds. The summed E-state index contributed by atoms with van der Waals surface area (Å²) in [5.74, 6) is 0.833. The minimum atomic E-state index is -0.659. The third-order valence-electron chi connectivity index (χ3n) is 3.39. The first-order valence-corrected chi connectivity index (χ1v) is 6.63. The van der Waals surface area contributed by atoms with E-state index in [4.69, 9.17) is 4.74 Å². The fraction of sp³-hybridized carbons (Fsp3) is 0.375. The van der Waals surface area contributed by atoms with Gasteiger partial charge in [0.15, 0.2) is 0 Å². The molecule has 0 radical (unpaired) electrons. The van der Waals surface area contributed by atoms with E-state index in [2.05, 4.69) is 9.97 Å². The molecule has 0 aromatic carbocycles. The Morgan fingerprint density at radius 2 is 2.00 bits per heavy atom. The number of aliphatic hydroxyl groups is 1. The van der Waals surface area contributed by atoms with Crippen LogP contribution in [-0.4, -0.2) is 22.2 Å². The highest BCUT2D eigenvalue weighted by Crippen LogP contribution is 2.26. The van der Waals surface area contributed by atoms with Gasteiger partial charge in [-0.25, -0.2) is 0 Å². The van der Waals surface area contributed by atoms with E-state index in [9.17, 15) is 5.11 Å². The summed E-state index contributed by atoms with van der Waals surface area (Å²) < 4.78 is 5.39. The average Bonchev–Trinajstić information content (AvgIpc) is 2.42. The van der Waals surface area contributed by atoms with Crippen molar-refractivity contribution in [2.45, 2.75) is 33.3 Å². The van der Waals surface area contributed by atoms with Gasteiger partial charge in [-0.2, -0.15) is 0 Å². The van der Waals surface area contributed by atoms with E-state index in [1.807, 2.05) is 39.0 Å². The molecule has 2 aromatic heterocycles. The maximum atomic E-state index is 10.3. The number of ether oxygens (including phenoxy) is 1. The van der Waals surface area contributed by atoms with E-state index in [-0.39, 0.29) is 0 Å². The van der Waals surface area contributed by atoms with Crippen LogP contribution in [0.15, 0.2) is 24.4 Å². The Morgan fingerprint density at radius 1 is 1.25 bits per heavy atom. The number of rotatable bonds is 4. The molecule has 4 nitrogen and oxygen atoms in total. The number of hydrogen-bond donors (Lipinski definition) is 1. The van der Waals surface area contributed by atoms with Crippen molar-refractivity contribution in [2.75, 3.05) is 7.11 Å². The van der Waals surface area contributed by atoms with Crippen molar-refractivity contribution in [3.05, 3.63) is 52.6 Å². The molecule has 106 valence electrons. The highest BCUT2D eigenvalue weighted by Gasteiger charge is 2.15. The van der Waals surface area contributed by atoms with Gasteiger partial charge < -0.3 is 9.84 Å². The van der Waals surface area contributed by atoms with E-state index in [0.29, 0.717) is 12.1 Å². The molecule has 0 aliphatic carbocycles. The monoisotopic (exact) mass is 272 g/mol. The van der Waals surface area contributed by atoms with Gasteiger partial charge in [0.2, 0.25) is 0 Å². The van der Waals surface area contributed by atoms with Crippen LogP contribution in [0.2, 0.25) is 0 Å². The first-order chi connectivity index (χ1) is 9.52. The SMILES string of the molecule is COc1c(C)cnc(CC(O)c2cccc(C)n2)c1C. The average molecular weight is 272 g/mol. The van der Waals surface area contributed by atoms with Crippen LogP contribution in [0.25, 0.3) is 0 Å². The quantitative estimate of drug-likeness (QED) is 0.929. The highest BCUT2D eigenvalue weighted by molar-refractivity contribution is 5.41. The van der Waals surface area contributed by atoms with Crippen molar-refractivity contribution < 1.29 is 9.84 Å². The van der Waals surface area contributed by atoms with Crippen molar-refractivity contribution in [3.8, 4) is 5.75 Å². The summed E-state index contributed by atoms with van der Waals surface area (Å²) in [6.45, 7) is 5.83. The van der Waals surface area contributed by atoms with Gasteiger partial charge in [0.05, 0.1) is 12.8 Å². The number of pyridine rings is 2. The first kappa shape index (κ1) is 14.5. The minimum Gasteiger partial charge on any atom is -0.496 e. The molecule has 1 unspecified atom stereocenters. The summed E-state index contributed by atoms with van der Waals surface area (Å²) >= 11 is 0. The van der Waals surface area contributed by atoms with Gasteiger partial charge >= 0.3 is 0 Å². The summed E-state index contributed by atoms with van der Waals surface area (Å²) in [6, 6.07) is 5.64. The zero-order chi connectivity index (χ0) is 14.7. The van der Waals surface area contributed by atoms with Gasteiger partial charge in [0.25, 0.3) is 0 Å². The number of hydrogen-bond acceptors (Lipinski definition) is 4. The van der Waals surface area contributed by atoms with Crippen molar-refractivity contribution in [3.63, 3.8) is 0 Å². The second kappa shape index (κ2) is 6.01. The fourth-order valence-corrected chi connectivity index (χ4v) is 2.31. The van der Waals surface area contributed by atoms with Crippen molar-refractivity contribution in [1.29, 1.82) is 0 Å². The Labute approximate surface area is 119 Å². The predicted molar refractivity (Wildman–Crippen MR) is 77.9 cm³/mol. The standard InChI is InChI=1S/C16H20N2O2/c1-10-9-17-14(12(3)16(10)20-4)8-15(19)13-7-5-6-11(2)18-13/h5-7,9,15,19H,8H2,1-4H3. The molecule has 0 saturated carbocycles. The molecule has 1 N–H and O–H groups in total. The molecule has 0 aliphatic rings. The van der Waals surface area contributed by atoms with Gasteiger partial charge in [0, 0.05) is 35.1 Å². The molecule has 0 saturated heterocycles. The fourth-order valence-electron chi connectivity index (χ4n) is 2.31. The number of aliphatic hydroxyl groups excluding tert-OH is 1. The third kappa shape index (κ3) is 2.96. The maximum Gasteiger partial charge on any atom is 0.128 e. The van der Waals surface area contributed by atoms with Gasteiger partial charge in [-0.1, -0.05) is 6.07 Å². The predicted octanol–water partition coefficient (Wildman–Crippen LogP) is 2.69. The summed E-state index contributed by atoms with van der Waals surface area (Å²) in [6.07, 6.45) is 1.55. The summed E-state index contributed by atoms with van der Waals surface area (Å²) in [4.78, 5) is 8.76. The van der Waals surface area contributed by atoms with Crippen LogP contribution < -0.4 is 4.74 Å². The Hall–Kier alpha value is -1.94. The summed E-state index contributed by atoms with van der Waals surface area (Å²) in [5, 5.41) is 10.3. The van der Waals surface area contributed by atoms with Gasteiger partial charge in [0.1, 0.15) is 11.9 Å². The Morgan fingerprint density at radius 3 is 2.65 bits per heavy atom. The molecule has 4 heteroatoms. The topological polar surface area (TPSA) is 55.2 Å². The molecule has 0 bridgehead atoms. The number of aromatic nitrogens is 2. The summed E-state index contributed by atoms with van der Waals surface area (Å²) in [5.41, 5.74) is 4.37. The molecule has 1 atom stereocenters. The van der Waals surface area contributed by atoms with Gasteiger partial charge in [-0.15, -0.1) is 0 Å².